The minimum Gasteiger partial charge on any atom is -0.347 e. The second-order valence-electron chi connectivity index (χ2n) is 5.32. The van der Waals surface area contributed by atoms with Crippen molar-refractivity contribution in [3.63, 3.8) is 0 Å². The van der Waals surface area contributed by atoms with Crippen molar-refractivity contribution in [2.24, 2.45) is 0 Å². The van der Waals surface area contributed by atoms with Crippen LogP contribution in [0.15, 0.2) is 48.7 Å². The van der Waals surface area contributed by atoms with E-state index in [0.717, 1.165) is 5.56 Å². The molecule has 23 heavy (non-hydrogen) atoms. The first-order valence-corrected chi connectivity index (χ1v) is 7.52. The van der Waals surface area contributed by atoms with E-state index in [1.165, 1.54) is 17.2 Å². The highest BCUT2D eigenvalue weighted by atomic mass is 35.5. The first-order chi connectivity index (χ1) is 11.0. The van der Waals surface area contributed by atoms with E-state index < -0.39 is 6.04 Å². The van der Waals surface area contributed by atoms with E-state index in [-0.39, 0.29) is 11.8 Å². The Morgan fingerprint density at radius 2 is 1.87 bits per heavy atom. The highest BCUT2D eigenvalue weighted by Gasteiger charge is 2.23. The molecule has 1 aromatic carbocycles. The number of pyridine rings is 1. The molecule has 2 amide bonds. The third-order valence-electron chi connectivity index (χ3n) is 3.32. The molecule has 0 saturated carbocycles. The molecule has 1 aromatic heterocycles. The van der Waals surface area contributed by atoms with E-state index in [2.05, 4.69) is 10.3 Å². The molecular formula is C17H18ClN3O2. The maximum Gasteiger partial charge on any atom is 0.253 e. The van der Waals surface area contributed by atoms with Crippen LogP contribution in [-0.4, -0.2) is 41.8 Å². The van der Waals surface area contributed by atoms with Crippen LogP contribution >= 0.6 is 11.6 Å². The summed E-state index contributed by atoms with van der Waals surface area (Å²) >= 11 is 5.72. The molecule has 0 bridgehead atoms. The molecule has 0 aliphatic rings. The molecule has 0 aliphatic heterocycles. The number of carbonyl (C=O) groups excluding carboxylic acids is 2. The van der Waals surface area contributed by atoms with Gasteiger partial charge in [-0.2, -0.15) is 0 Å². The van der Waals surface area contributed by atoms with Crippen molar-refractivity contribution in [2.45, 2.75) is 12.5 Å². The standard InChI is InChI=1S/C17H18ClN3O2/c1-21(2)17(23)14(10-12-6-4-3-5-7-12)20-16(22)13-8-9-15(18)19-11-13/h3-9,11,14H,10H2,1-2H3,(H,20,22)/t14-/m0/s1. The van der Waals surface area contributed by atoms with Crippen LogP contribution in [0, 0.1) is 0 Å². The lowest BCUT2D eigenvalue weighted by Crippen LogP contribution is -2.47. The van der Waals surface area contributed by atoms with Crippen LogP contribution in [-0.2, 0) is 11.2 Å². The van der Waals surface area contributed by atoms with E-state index in [1.807, 2.05) is 30.3 Å². The van der Waals surface area contributed by atoms with Gasteiger partial charge in [0.05, 0.1) is 5.56 Å². The number of nitrogens with zero attached hydrogens (tertiary/aromatic N) is 2. The minimum atomic E-state index is -0.643. The van der Waals surface area contributed by atoms with Gasteiger partial charge in [-0.1, -0.05) is 41.9 Å². The maximum absolute atomic E-state index is 12.3. The summed E-state index contributed by atoms with van der Waals surface area (Å²) in [6, 6.07) is 12.0. The fourth-order valence-electron chi connectivity index (χ4n) is 2.11. The number of aromatic nitrogens is 1. The number of hydrogen-bond acceptors (Lipinski definition) is 3. The van der Waals surface area contributed by atoms with Crippen molar-refractivity contribution in [3.8, 4) is 0 Å². The average Bonchev–Trinajstić information content (AvgIpc) is 2.55. The SMILES string of the molecule is CN(C)C(=O)[C@H](Cc1ccccc1)NC(=O)c1ccc(Cl)nc1. The van der Waals surface area contributed by atoms with E-state index in [9.17, 15) is 9.59 Å². The number of likely N-dealkylation sites (N-methyl/N-ethyl adjacent to an activating group) is 1. The Labute approximate surface area is 140 Å². The van der Waals surface area contributed by atoms with Gasteiger partial charge in [-0.05, 0) is 17.7 Å². The van der Waals surface area contributed by atoms with Crippen LogP contribution in [0.3, 0.4) is 0 Å². The molecule has 0 spiro atoms. The van der Waals surface area contributed by atoms with Gasteiger partial charge in [0.1, 0.15) is 11.2 Å². The van der Waals surface area contributed by atoms with Crippen LogP contribution < -0.4 is 5.32 Å². The number of amides is 2. The summed E-state index contributed by atoms with van der Waals surface area (Å²) in [5.41, 5.74) is 1.33. The smallest absolute Gasteiger partial charge is 0.253 e. The number of carbonyl (C=O) groups is 2. The van der Waals surface area contributed by atoms with E-state index in [0.29, 0.717) is 17.1 Å². The zero-order chi connectivity index (χ0) is 16.8. The number of halogens is 1. The molecule has 2 aromatic rings. The molecule has 0 aliphatic carbocycles. The molecular weight excluding hydrogens is 314 g/mol. The van der Waals surface area contributed by atoms with Crippen molar-refractivity contribution in [2.75, 3.05) is 14.1 Å². The molecule has 1 N–H and O–H groups in total. The summed E-state index contributed by atoms with van der Waals surface area (Å²) in [5, 5.41) is 3.08. The first kappa shape index (κ1) is 17.0. The number of hydrogen-bond donors (Lipinski definition) is 1. The van der Waals surface area contributed by atoms with Crippen molar-refractivity contribution < 1.29 is 9.59 Å². The molecule has 2 rings (SSSR count). The van der Waals surface area contributed by atoms with Gasteiger partial charge in [0.25, 0.3) is 5.91 Å². The predicted molar refractivity (Wildman–Crippen MR) is 89.3 cm³/mol. The van der Waals surface area contributed by atoms with Crippen LogP contribution in [0.2, 0.25) is 5.15 Å². The molecule has 6 heteroatoms. The molecule has 0 fully saturated rings. The largest absolute Gasteiger partial charge is 0.347 e. The van der Waals surface area contributed by atoms with Gasteiger partial charge >= 0.3 is 0 Å². The van der Waals surface area contributed by atoms with E-state index >= 15 is 0 Å². The molecule has 0 saturated heterocycles. The predicted octanol–water partition coefficient (Wildman–Crippen LogP) is 2.16. The number of nitrogens with one attached hydrogen (secondary N) is 1. The summed E-state index contributed by atoms with van der Waals surface area (Å²) < 4.78 is 0. The van der Waals surface area contributed by atoms with Gasteiger partial charge in [0, 0.05) is 26.7 Å². The monoisotopic (exact) mass is 331 g/mol. The van der Waals surface area contributed by atoms with Gasteiger partial charge in [0.2, 0.25) is 5.91 Å². The van der Waals surface area contributed by atoms with Crippen LogP contribution in [0.1, 0.15) is 15.9 Å². The number of rotatable bonds is 5. The Hall–Kier alpha value is -2.40. The molecule has 5 nitrogen and oxygen atoms in total. The molecule has 1 atom stereocenters. The van der Waals surface area contributed by atoms with Gasteiger partial charge in [-0.3, -0.25) is 9.59 Å². The lowest BCUT2D eigenvalue weighted by Gasteiger charge is -2.22. The van der Waals surface area contributed by atoms with Gasteiger partial charge in [-0.15, -0.1) is 0 Å². The second kappa shape index (κ2) is 7.74. The fraction of sp³-hybridized carbons (Fsp3) is 0.235. The van der Waals surface area contributed by atoms with Crippen molar-refractivity contribution in [1.82, 2.24) is 15.2 Å². The Morgan fingerprint density at radius 1 is 1.17 bits per heavy atom. The lowest BCUT2D eigenvalue weighted by atomic mass is 10.0. The third-order valence-corrected chi connectivity index (χ3v) is 3.54. The lowest BCUT2D eigenvalue weighted by molar-refractivity contribution is -0.130. The summed E-state index contributed by atoms with van der Waals surface area (Å²) in [4.78, 5) is 30.0. The van der Waals surface area contributed by atoms with Crippen molar-refractivity contribution in [1.29, 1.82) is 0 Å². The van der Waals surface area contributed by atoms with Crippen molar-refractivity contribution >= 4 is 23.4 Å². The van der Waals surface area contributed by atoms with Crippen LogP contribution in [0.4, 0.5) is 0 Å². The zero-order valence-corrected chi connectivity index (χ0v) is 13.7. The van der Waals surface area contributed by atoms with Gasteiger partial charge in [-0.25, -0.2) is 4.98 Å². The quantitative estimate of drug-likeness (QED) is 0.854. The maximum atomic E-state index is 12.3. The van der Waals surface area contributed by atoms with Crippen molar-refractivity contribution in [3.05, 3.63) is 64.9 Å². The second-order valence-corrected chi connectivity index (χ2v) is 5.71. The summed E-state index contributed by atoms with van der Waals surface area (Å²) in [6.07, 6.45) is 1.81. The Morgan fingerprint density at radius 3 is 2.43 bits per heavy atom. The summed E-state index contributed by atoms with van der Waals surface area (Å²) in [6.45, 7) is 0. The van der Waals surface area contributed by atoms with Gasteiger partial charge < -0.3 is 10.2 Å². The van der Waals surface area contributed by atoms with Crippen LogP contribution in [0.5, 0.6) is 0 Å². The Bertz CT molecular complexity index is 672. The summed E-state index contributed by atoms with van der Waals surface area (Å²) in [5.74, 6) is -0.519. The number of benzene rings is 1. The Kier molecular flexibility index (Phi) is 5.71. The topological polar surface area (TPSA) is 62.3 Å². The van der Waals surface area contributed by atoms with Gasteiger partial charge in [0.15, 0.2) is 0 Å². The highest BCUT2D eigenvalue weighted by Crippen LogP contribution is 2.08. The molecule has 1 heterocycles. The van der Waals surface area contributed by atoms with Crippen LogP contribution in [0.25, 0.3) is 0 Å². The average molecular weight is 332 g/mol. The minimum absolute atomic E-state index is 0.163. The fourth-order valence-corrected chi connectivity index (χ4v) is 2.23. The molecule has 0 unspecified atom stereocenters. The van der Waals surface area contributed by atoms with E-state index in [1.54, 1.807) is 20.2 Å². The summed E-state index contributed by atoms with van der Waals surface area (Å²) in [7, 11) is 3.33. The van der Waals surface area contributed by atoms with E-state index in [4.69, 9.17) is 11.6 Å². The third kappa shape index (κ3) is 4.79. The molecule has 120 valence electrons. The zero-order valence-electron chi connectivity index (χ0n) is 13.0. The first-order valence-electron chi connectivity index (χ1n) is 7.15. The Balaban J connectivity index is 2.15. The molecule has 0 radical (unpaired) electrons. The highest BCUT2D eigenvalue weighted by molar-refractivity contribution is 6.29. The normalized spacial score (nSPS) is 11.6.